The molecule has 0 bridgehead atoms. The Morgan fingerprint density at radius 3 is 2.45 bits per heavy atom. The predicted molar refractivity (Wildman–Crippen MR) is 68.9 cm³/mol. The molecule has 20 heavy (non-hydrogen) atoms. The maximum Gasteiger partial charge on any atom is 0.326 e. The van der Waals surface area contributed by atoms with Gasteiger partial charge < -0.3 is 30.9 Å². The Hall–Kier alpha value is -1.87. The summed E-state index contributed by atoms with van der Waals surface area (Å²) in [7, 11) is 1.46. The number of nitrogens with one attached hydrogen (secondary N) is 1. The van der Waals surface area contributed by atoms with Crippen molar-refractivity contribution in [3.05, 3.63) is 0 Å². The third kappa shape index (κ3) is 7.54. The summed E-state index contributed by atoms with van der Waals surface area (Å²) in [6.07, 6.45) is -0.233. The molecule has 0 radical (unpaired) electrons. The van der Waals surface area contributed by atoms with Crippen LogP contribution in [0.4, 0.5) is 4.79 Å². The Labute approximate surface area is 116 Å². The van der Waals surface area contributed by atoms with Gasteiger partial charge in [-0.25, -0.2) is 9.59 Å². The number of aliphatic hydroxyl groups excluding tert-OH is 1. The minimum absolute atomic E-state index is 0.0529. The average Bonchev–Trinajstić information content (AvgIpc) is 2.38. The van der Waals surface area contributed by atoms with Crippen LogP contribution in [0.15, 0.2) is 0 Å². The largest absolute Gasteiger partial charge is 0.480 e. The van der Waals surface area contributed by atoms with Gasteiger partial charge in [-0.05, 0) is 6.42 Å². The highest BCUT2D eigenvalue weighted by Crippen LogP contribution is 2.00. The SMILES string of the molecule is COCCN(CCO)C(=O)N[C@@H](CCC(N)=O)C(=O)O. The topological polar surface area (TPSA) is 142 Å². The number of ether oxygens (including phenoxy) is 1. The van der Waals surface area contributed by atoms with Crippen molar-refractivity contribution in [2.45, 2.75) is 18.9 Å². The molecule has 0 rings (SSSR count). The highest BCUT2D eigenvalue weighted by molar-refractivity contribution is 5.83. The normalized spacial score (nSPS) is 11.7. The van der Waals surface area contributed by atoms with Crippen LogP contribution in [0.2, 0.25) is 0 Å². The van der Waals surface area contributed by atoms with Gasteiger partial charge in [0.2, 0.25) is 5.91 Å². The van der Waals surface area contributed by atoms with Gasteiger partial charge in [0.05, 0.1) is 13.2 Å². The lowest BCUT2D eigenvalue weighted by atomic mass is 10.1. The average molecular weight is 291 g/mol. The standard InChI is InChI=1S/C11H21N3O6/c1-20-7-5-14(4-6-15)11(19)13-8(10(17)18)2-3-9(12)16/h8,15H,2-7H2,1H3,(H2,12,16)(H,13,19)(H,17,18)/t8-/m0/s1. The summed E-state index contributed by atoms with van der Waals surface area (Å²) in [5, 5.41) is 20.1. The Kier molecular flexibility index (Phi) is 9.05. The number of amides is 3. The number of hydrogen-bond acceptors (Lipinski definition) is 5. The Bertz CT molecular complexity index is 336. The number of aliphatic hydroxyl groups is 1. The number of carboxylic acid groups (broad SMARTS) is 1. The first kappa shape index (κ1) is 18.1. The van der Waals surface area contributed by atoms with Crippen molar-refractivity contribution in [2.75, 3.05) is 33.4 Å². The van der Waals surface area contributed by atoms with Gasteiger partial charge in [0, 0.05) is 26.6 Å². The molecule has 0 aliphatic heterocycles. The summed E-state index contributed by atoms with van der Waals surface area (Å²) in [4.78, 5) is 34.7. The quantitative estimate of drug-likeness (QED) is 0.380. The number of methoxy groups -OCH3 is 1. The van der Waals surface area contributed by atoms with Crippen LogP contribution in [0.1, 0.15) is 12.8 Å². The van der Waals surface area contributed by atoms with Crippen molar-refractivity contribution in [3.63, 3.8) is 0 Å². The smallest absolute Gasteiger partial charge is 0.326 e. The predicted octanol–water partition coefficient (Wildman–Crippen LogP) is -1.64. The Balaban J connectivity index is 4.52. The zero-order valence-corrected chi connectivity index (χ0v) is 11.4. The molecule has 0 fully saturated rings. The number of aliphatic carboxylic acids is 1. The Morgan fingerprint density at radius 2 is 2.00 bits per heavy atom. The van der Waals surface area contributed by atoms with Crippen molar-refractivity contribution in [1.82, 2.24) is 10.2 Å². The van der Waals surface area contributed by atoms with Crippen LogP contribution in [-0.4, -0.2) is 72.5 Å². The summed E-state index contributed by atoms with van der Waals surface area (Å²) < 4.78 is 4.82. The number of carbonyl (C=O) groups is 3. The van der Waals surface area contributed by atoms with Gasteiger partial charge in [0.25, 0.3) is 0 Å². The highest BCUT2D eigenvalue weighted by atomic mass is 16.5. The fourth-order valence-electron chi connectivity index (χ4n) is 1.42. The third-order valence-corrected chi connectivity index (χ3v) is 2.50. The monoisotopic (exact) mass is 291 g/mol. The number of carboxylic acids is 1. The fraction of sp³-hybridized carbons (Fsp3) is 0.727. The first-order valence-corrected chi connectivity index (χ1v) is 6.08. The van der Waals surface area contributed by atoms with E-state index in [4.69, 9.17) is 20.7 Å². The number of carbonyl (C=O) groups excluding carboxylic acids is 2. The van der Waals surface area contributed by atoms with Crippen molar-refractivity contribution in [3.8, 4) is 0 Å². The van der Waals surface area contributed by atoms with Crippen molar-refractivity contribution >= 4 is 17.9 Å². The van der Waals surface area contributed by atoms with Crippen LogP contribution >= 0.6 is 0 Å². The molecule has 0 aliphatic rings. The molecule has 116 valence electrons. The van der Waals surface area contributed by atoms with Crippen molar-refractivity contribution < 1.29 is 29.3 Å². The number of nitrogens with zero attached hydrogens (tertiary/aromatic N) is 1. The molecule has 5 N–H and O–H groups in total. The van der Waals surface area contributed by atoms with Gasteiger partial charge in [-0.3, -0.25) is 4.79 Å². The molecule has 0 unspecified atom stereocenters. The van der Waals surface area contributed by atoms with Gasteiger partial charge in [0.1, 0.15) is 6.04 Å². The number of hydrogen-bond donors (Lipinski definition) is 4. The minimum Gasteiger partial charge on any atom is -0.480 e. The van der Waals surface area contributed by atoms with Gasteiger partial charge in [-0.2, -0.15) is 0 Å². The summed E-state index contributed by atoms with van der Waals surface area (Å²) in [5.74, 6) is -1.90. The molecule has 0 aromatic carbocycles. The molecule has 0 heterocycles. The highest BCUT2D eigenvalue weighted by Gasteiger charge is 2.23. The van der Waals surface area contributed by atoms with Crippen LogP contribution < -0.4 is 11.1 Å². The summed E-state index contributed by atoms with van der Waals surface area (Å²) in [6.45, 7) is 0.269. The van der Waals surface area contributed by atoms with Gasteiger partial charge in [-0.1, -0.05) is 0 Å². The second kappa shape index (κ2) is 9.98. The van der Waals surface area contributed by atoms with E-state index in [1.807, 2.05) is 0 Å². The Morgan fingerprint density at radius 1 is 1.35 bits per heavy atom. The van der Waals surface area contributed by atoms with Crippen LogP contribution in [0, 0.1) is 0 Å². The third-order valence-electron chi connectivity index (χ3n) is 2.50. The summed E-state index contributed by atoms with van der Waals surface area (Å²) >= 11 is 0. The maximum atomic E-state index is 11.9. The van der Waals surface area contributed by atoms with E-state index in [-0.39, 0.29) is 39.1 Å². The molecule has 9 nitrogen and oxygen atoms in total. The van der Waals surface area contributed by atoms with E-state index in [0.717, 1.165) is 0 Å². The second-order valence-corrected chi connectivity index (χ2v) is 4.05. The van der Waals surface area contributed by atoms with Crippen LogP contribution in [0.3, 0.4) is 0 Å². The van der Waals surface area contributed by atoms with Crippen molar-refractivity contribution in [1.29, 1.82) is 0 Å². The number of nitrogens with two attached hydrogens (primary N) is 1. The lowest BCUT2D eigenvalue weighted by molar-refractivity contribution is -0.139. The van der Waals surface area contributed by atoms with Gasteiger partial charge >= 0.3 is 12.0 Å². The van der Waals surface area contributed by atoms with E-state index in [9.17, 15) is 14.4 Å². The van der Waals surface area contributed by atoms with Crippen LogP contribution in [0.25, 0.3) is 0 Å². The second-order valence-electron chi connectivity index (χ2n) is 4.05. The molecule has 0 spiro atoms. The molecular formula is C11H21N3O6. The molecule has 0 aromatic heterocycles. The number of primary amides is 1. The summed E-state index contributed by atoms with van der Waals surface area (Å²) in [6, 6.07) is -1.85. The maximum absolute atomic E-state index is 11.9. The number of urea groups is 1. The fourth-order valence-corrected chi connectivity index (χ4v) is 1.42. The lowest BCUT2D eigenvalue weighted by Crippen LogP contribution is -2.49. The molecule has 3 amide bonds. The molecule has 0 saturated heterocycles. The van der Waals surface area contributed by atoms with Crippen LogP contribution in [0.5, 0.6) is 0 Å². The van der Waals surface area contributed by atoms with E-state index in [1.165, 1.54) is 12.0 Å². The molecule has 9 heteroatoms. The van der Waals surface area contributed by atoms with Crippen molar-refractivity contribution in [2.24, 2.45) is 5.73 Å². The van der Waals surface area contributed by atoms with Crippen LogP contribution in [-0.2, 0) is 14.3 Å². The zero-order valence-electron chi connectivity index (χ0n) is 11.4. The first-order chi connectivity index (χ1) is 9.42. The van der Waals surface area contributed by atoms with E-state index in [2.05, 4.69) is 5.32 Å². The molecule has 1 atom stereocenters. The van der Waals surface area contributed by atoms with E-state index in [1.54, 1.807) is 0 Å². The molecular weight excluding hydrogens is 270 g/mol. The molecule has 0 aliphatic carbocycles. The number of rotatable bonds is 10. The molecule has 0 saturated carbocycles. The van der Waals surface area contributed by atoms with E-state index < -0.39 is 23.9 Å². The van der Waals surface area contributed by atoms with E-state index in [0.29, 0.717) is 0 Å². The zero-order chi connectivity index (χ0) is 15.5. The van der Waals surface area contributed by atoms with E-state index >= 15 is 0 Å². The lowest BCUT2D eigenvalue weighted by Gasteiger charge is -2.24. The van der Waals surface area contributed by atoms with Gasteiger partial charge in [-0.15, -0.1) is 0 Å². The minimum atomic E-state index is -1.25. The summed E-state index contributed by atoms with van der Waals surface area (Å²) in [5.41, 5.74) is 4.94. The first-order valence-electron chi connectivity index (χ1n) is 6.08. The molecule has 0 aromatic rings. The van der Waals surface area contributed by atoms with Gasteiger partial charge in [0.15, 0.2) is 0 Å².